The lowest BCUT2D eigenvalue weighted by Gasteiger charge is -2.13. The highest BCUT2D eigenvalue weighted by Gasteiger charge is 2.35. The Labute approximate surface area is 112 Å². The third-order valence-electron chi connectivity index (χ3n) is 3.13. The van der Waals surface area contributed by atoms with Gasteiger partial charge in [0.1, 0.15) is 22.9 Å². The highest BCUT2D eigenvalue weighted by atomic mass is 32.2. The zero-order valence-electron chi connectivity index (χ0n) is 10.2. The van der Waals surface area contributed by atoms with Gasteiger partial charge in [-0.25, -0.2) is 4.98 Å². The Hall–Kier alpha value is -1.29. The van der Waals surface area contributed by atoms with E-state index in [-0.39, 0.29) is 6.61 Å². The molecule has 3 rings (SSSR count). The number of hydrogen-bond acceptors (Lipinski definition) is 8. The van der Waals surface area contributed by atoms with Crippen LogP contribution in [-0.4, -0.2) is 60.2 Å². The predicted molar refractivity (Wildman–Crippen MR) is 66.5 cm³/mol. The van der Waals surface area contributed by atoms with Crippen LogP contribution in [0.4, 0.5) is 0 Å². The molecule has 0 aromatic carbocycles. The largest absolute Gasteiger partial charge is 0.394 e. The molecule has 1 fully saturated rings. The second-order valence-electron chi connectivity index (χ2n) is 4.24. The van der Waals surface area contributed by atoms with Gasteiger partial charge in [0.25, 0.3) is 0 Å². The minimum absolute atomic E-state index is 0.215. The van der Waals surface area contributed by atoms with Crippen molar-refractivity contribution in [2.45, 2.75) is 29.9 Å². The molecule has 1 aliphatic rings. The van der Waals surface area contributed by atoms with Crippen LogP contribution in [0.5, 0.6) is 0 Å². The van der Waals surface area contributed by atoms with E-state index < -0.39 is 18.4 Å². The average Bonchev–Trinajstić information content (AvgIpc) is 3.01. The molecule has 3 atom stereocenters. The maximum atomic E-state index is 9.76. The number of rotatable bonds is 3. The lowest BCUT2D eigenvalue weighted by molar-refractivity contribution is -0.0432. The minimum Gasteiger partial charge on any atom is -0.394 e. The van der Waals surface area contributed by atoms with Crippen LogP contribution in [0.2, 0.25) is 0 Å². The first-order chi connectivity index (χ1) is 9.24. The van der Waals surface area contributed by atoms with Crippen LogP contribution >= 0.6 is 11.8 Å². The maximum absolute atomic E-state index is 9.76. The third kappa shape index (κ3) is 2.08. The Morgan fingerprint density at radius 1 is 1.53 bits per heavy atom. The summed E-state index contributed by atoms with van der Waals surface area (Å²) in [5, 5.41) is 31.1. The number of aliphatic hydroxyl groups excluding tert-OH is 2. The summed E-state index contributed by atoms with van der Waals surface area (Å²) in [6, 6.07) is 0. The molecular formula is C10H13N5O3S. The molecule has 0 amide bonds. The minimum atomic E-state index is -0.692. The summed E-state index contributed by atoms with van der Waals surface area (Å²) in [7, 11) is 0. The highest BCUT2D eigenvalue weighted by molar-refractivity contribution is 7.98. The van der Waals surface area contributed by atoms with Crippen LogP contribution in [0.25, 0.3) is 11.2 Å². The summed E-state index contributed by atoms with van der Waals surface area (Å²) in [5.41, 5.74) is 1.23. The van der Waals surface area contributed by atoms with E-state index in [0.29, 0.717) is 22.6 Å². The fraction of sp³-hybridized carbons (Fsp3) is 0.600. The van der Waals surface area contributed by atoms with Crippen LogP contribution in [0.3, 0.4) is 0 Å². The van der Waals surface area contributed by atoms with Crippen LogP contribution in [0, 0.1) is 0 Å². The average molecular weight is 283 g/mol. The van der Waals surface area contributed by atoms with Crippen molar-refractivity contribution in [3.05, 3.63) is 6.33 Å². The molecule has 0 unspecified atom stereocenters. The molecule has 0 radical (unpaired) electrons. The molecule has 9 heteroatoms. The molecule has 2 aromatic rings. The van der Waals surface area contributed by atoms with Crippen molar-refractivity contribution in [2.24, 2.45) is 0 Å². The summed E-state index contributed by atoms with van der Waals surface area (Å²) in [5.74, 6) is 0. The van der Waals surface area contributed by atoms with Gasteiger partial charge >= 0.3 is 0 Å². The van der Waals surface area contributed by atoms with E-state index in [1.54, 1.807) is 10.9 Å². The molecule has 8 nitrogen and oxygen atoms in total. The molecule has 102 valence electrons. The second-order valence-corrected chi connectivity index (χ2v) is 5.03. The third-order valence-corrected chi connectivity index (χ3v) is 3.79. The van der Waals surface area contributed by atoms with E-state index in [2.05, 4.69) is 20.4 Å². The van der Waals surface area contributed by atoms with Gasteiger partial charge in [0.2, 0.25) is 0 Å². The molecule has 0 bridgehead atoms. The smallest absolute Gasteiger partial charge is 0.189 e. The van der Waals surface area contributed by atoms with Crippen LogP contribution < -0.4 is 0 Å². The van der Waals surface area contributed by atoms with E-state index in [0.717, 1.165) is 0 Å². The fourth-order valence-corrected chi connectivity index (χ4v) is 2.61. The first-order valence-electron chi connectivity index (χ1n) is 5.79. The summed E-state index contributed by atoms with van der Waals surface area (Å²) >= 11 is 1.44. The van der Waals surface area contributed by atoms with E-state index in [4.69, 9.17) is 9.84 Å². The summed E-state index contributed by atoms with van der Waals surface area (Å²) in [6.07, 6.45) is 2.20. The van der Waals surface area contributed by atoms with Crippen molar-refractivity contribution >= 4 is 22.9 Å². The van der Waals surface area contributed by atoms with Crippen LogP contribution in [-0.2, 0) is 4.74 Å². The molecule has 1 saturated heterocycles. The molecule has 1 aliphatic heterocycles. The van der Waals surface area contributed by atoms with Crippen LogP contribution in [0.15, 0.2) is 11.4 Å². The lowest BCUT2D eigenvalue weighted by Crippen LogP contribution is -2.24. The topological polar surface area (TPSA) is 106 Å². The molecule has 0 saturated carbocycles. The van der Waals surface area contributed by atoms with Crippen molar-refractivity contribution < 1.29 is 14.9 Å². The molecular weight excluding hydrogens is 270 g/mol. The quantitative estimate of drug-likeness (QED) is 0.732. The predicted octanol–water partition coefficient (Wildman–Crippen LogP) is -0.416. The SMILES string of the molecule is CSc1nnnc2c1ncn2[C@H]1C[C@H](O)[C@@H](CO)O1. The molecule has 2 N–H and O–H groups in total. The van der Waals surface area contributed by atoms with Gasteiger partial charge in [0, 0.05) is 6.42 Å². The van der Waals surface area contributed by atoms with Gasteiger partial charge < -0.3 is 14.9 Å². The second kappa shape index (κ2) is 5.00. The summed E-state index contributed by atoms with van der Waals surface area (Å²) in [4.78, 5) is 4.26. The normalized spacial score (nSPS) is 27.2. The Morgan fingerprint density at radius 2 is 2.37 bits per heavy atom. The molecule has 2 aromatic heterocycles. The van der Waals surface area contributed by atoms with Gasteiger partial charge in [0.05, 0.1) is 19.0 Å². The Kier molecular flexibility index (Phi) is 3.35. The number of thioether (sulfide) groups is 1. The first kappa shape index (κ1) is 12.7. The monoisotopic (exact) mass is 283 g/mol. The number of aromatic nitrogens is 5. The zero-order chi connectivity index (χ0) is 13.4. The number of imidazole rings is 1. The molecule has 0 aliphatic carbocycles. The Bertz CT molecular complexity index is 592. The highest BCUT2D eigenvalue weighted by Crippen LogP contribution is 2.31. The fourth-order valence-electron chi connectivity index (χ4n) is 2.16. The van der Waals surface area contributed by atoms with Gasteiger partial charge in [0.15, 0.2) is 5.65 Å². The lowest BCUT2D eigenvalue weighted by atomic mass is 10.2. The van der Waals surface area contributed by atoms with Gasteiger partial charge in [-0.3, -0.25) is 4.57 Å². The van der Waals surface area contributed by atoms with Crippen molar-refractivity contribution in [1.29, 1.82) is 0 Å². The van der Waals surface area contributed by atoms with Crippen molar-refractivity contribution in [2.75, 3.05) is 12.9 Å². The van der Waals surface area contributed by atoms with E-state index in [9.17, 15) is 5.11 Å². The maximum Gasteiger partial charge on any atom is 0.189 e. The van der Waals surface area contributed by atoms with E-state index >= 15 is 0 Å². The standard InChI is InChI=1S/C10H13N5O3S/c1-19-10-8-9(12-14-13-10)15(4-11-8)7-2-5(17)6(3-16)18-7/h4-7,16-17H,2-3H2,1H3/t5-,6+,7+/m0/s1. The van der Waals surface area contributed by atoms with E-state index in [1.165, 1.54) is 11.8 Å². The number of aliphatic hydroxyl groups is 2. The number of fused-ring (bicyclic) bond motifs is 1. The van der Waals surface area contributed by atoms with Gasteiger partial charge in [-0.2, -0.15) is 0 Å². The summed E-state index contributed by atoms with van der Waals surface area (Å²) in [6.45, 7) is -0.215. The van der Waals surface area contributed by atoms with Crippen molar-refractivity contribution in [3.63, 3.8) is 0 Å². The number of hydrogen-bond donors (Lipinski definition) is 2. The van der Waals surface area contributed by atoms with Gasteiger partial charge in [-0.1, -0.05) is 0 Å². The molecule has 3 heterocycles. The van der Waals surface area contributed by atoms with Crippen molar-refractivity contribution in [3.8, 4) is 0 Å². The van der Waals surface area contributed by atoms with Crippen molar-refractivity contribution in [1.82, 2.24) is 25.0 Å². The van der Waals surface area contributed by atoms with Crippen LogP contribution in [0.1, 0.15) is 12.6 Å². The first-order valence-corrected chi connectivity index (χ1v) is 7.01. The van der Waals surface area contributed by atoms with Gasteiger partial charge in [-0.15, -0.1) is 22.0 Å². The molecule has 0 spiro atoms. The summed E-state index contributed by atoms with van der Waals surface area (Å²) < 4.78 is 7.29. The molecule has 19 heavy (non-hydrogen) atoms. The Balaban J connectivity index is 1.98. The van der Waals surface area contributed by atoms with Gasteiger partial charge in [-0.05, 0) is 11.5 Å². The van der Waals surface area contributed by atoms with E-state index in [1.807, 2.05) is 6.26 Å². The number of ether oxygens (including phenoxy) is 1. The number of nitrogens with zero attached hydrogens (tertiary/aromatic N) is 5. The zero-order valence-corrected chi connectivity index (χ0v) is 11.0. The Morgan fingerprint density at radius 3 is 3.05 bits per heavy atom.